The number of benzene rings is 2. The van der Waals surface area contributed by atoms with Gasteiger partial charge in [-0.15, -0.1) is 11.3 Å². The van der Waals surface area contributed by atoms with E-state index in [4.69, 9.17) is 9.47 Å². The number of rotatable bonds is 7. The first-order valence-electron chi connectivity index (χ1n) is 8.46. The van der Waals surface area contributed by atoms with Crippen molar-refractivity contribution in [1.82, 2.24) is 10.3 Å². The quantitative estimate of drug-likeness (QED) is 0.679. The first-order chi connectivity index (χ1) is 12.6. The maximum atomic E-state index is 12.3. The summed E-state index contributed by atoms with van der Waals surface area (Å²) in [6, 6.07) is 13.5. The largest absolute Gasteiger partial charge is 0.497 e. The summed E-state index contributed by atoms with van der Waals surface area (Å²) in [6.45, 7) is 1.94. The molecule has 26 heavy (non-hydrogen) atoms. The van der Waals surface area contributed by atoms with Crippen molar-refractivity contribution < 1.29 is 14.3 Å². The second kappa shape index (κ2) is 8.19. The Labute approximate surface area is 157 Å². The highest BCUT2D eigenvalue weighted by Gasteiger charge is 2.15. The zero-order valence-corrected chi connectivity index (χ0v) is 15.9. The normalized spacial score (nSPS) is 12.0. The molecule has 0 aliphatic heterocycles. The fraction of sp³-hybridized carbons (Fsp3) is 0.300. The van der Waals surface area contributed by atoms with Crippen LogP contribution in [-0.2, 0) is 11.2 Å². The number of hydrogen-bond donors (Lipinski definition) is 1. The van der Waals surface area contributed by atoms with Gasteiger partial charge < -0.3 is 14.8 Å². The van der Waals surface area contributed by atoms with Crippen LogP contribution in [0.5, 0.6) is 11.5 Å². The molecule has 3 rings (SSSR count). The molecule has 2 aromatic carbocycles. The second-order valence-corrected chi connectivity index (χ2v) is 7.09. The van der Waals surface area contributed by atoms with Crippen molar-refractivity contribution in [3.05, 3.63) is 53.0 Å². The Morgan fingerprint density at radius 3 is 2.73 bits per heavy atom. The molecule has 1 atom stereocenters. The Bertz CT molecular complexity index is 874. The third kappa shape index (κ3) is 4.14. The lowest BCUT2D eigenvalue weighted by atomic mass is 10.1. The number of carbonyl (C=O) groups excluding carboxylic acids is 1. The lowest BCUT2D eigenvalue weighted by Gasteiger charge is -2.18. The highest BCUT2D eigenvalue weighted by Crippen LogP contribution is 2.29. The van der Waals surface area contributed by atoms with E-state index in [9.17, 15) is 4.79 Å². The number of aryl methyl sites for hydroxylation is 1. The summed E-state index contributed by atoms with van der Waals surface area (Å²) in [5, 5.41) is 4.01. The molecule has 6 heteroatoms. The molecule has 1 aromatic heterocycles. The van der Waals surface area contributed by atoms with Gasteiger partial charge in [0.05, 0.1) is 35.5 Å². The summed E-state index contributed by atoms with van der Waals surface area (Å²) in [4.78, 5) is 16.9. The van der Waals surface area contributed by atoms with Crippen LogP contribution in [0.25, 0.3) is 10.2 Å². The van der Waals surface area contributed by atoms with Gasteiger partial charge in [0.2, 0.25) is 5.91 Å². The van der Waals surface area contributed by atoms with Gasteiger partial charge in [-0.3, -0.25) is 4.79 Å². The molecule has 1 heterocycles. The van der Waals surface area contributed by atoms with Gasteiger partial charge >= 0.3 is 0 Å². The number of amides is 1. The van der Waals surface area contributed by atoms with Crippen molar-refractivity contribution in [2.24, 2.45) is 0 Å². The van der Waals surface area contributed by atoms with Crippen molar-refractivity contribution in [2.45, 2.75) is 25.8 Å². The number of nitrogens with zero attached hydrogens (tertiary/aromatic N) is 1. The Morgan fingerprint density at radius 2 is 2.00 bits per heavy atom. The molecule has 0 spiro atoms. The third-order valence-corrected chi connectivity index (χ3v) is 5.28. The van der Waals surface area contributed by atoms with E-state index in [0.29, 0.717) is 18.6 Å². The predicted molar refractivity (Wildman–Crippen MR) is 104 cm³/mol. The minimum absolute atomic E-state index is 0.00497. The van der Waals surface area contributed by atoms with Gasteiger partial charge in [0.25, 0.3) is 0 Å². The summed E-state index contributed by atoms with van der Waals surface area (Å²) in [6.07, 6.45) is 1.04. The topological polar surface area (TPSA) is 60.5 Å². The van der Waals surface area contributed by atoms with E-state index in [-0.39, 0.29) is 11.9 Å². The van der Waals surface area contributed by atoms with Crippen LogP contribution in [0, 0.1) is 0 Å². The number of fused-ring (bicyclic) bond motifs is 1. The molecule has 5 nitrogen and oxygen atoms in total. The average molecular weight is 370 g/mol. The number of carbonyl (C=O) groups is 1. The standard InChI is InChI=1S/C20H22N2O3S/c1-13(15-9-8-14(24-2)12-17(15)25-3)21-19(23)10-11-20-22-16-6-4-5-7-18(16)26-20/h4-9,12-13H,10-11H2,1-3H3,(H,21,23). The summed E-state index contributed by atoms with van der Waals surface area (Å²) in [5.74, 6) is 1.41. The van der Waals surface area contributed by atoms with E-state index < -0.39 is 0 Å². The van der Waals surface area contributed by atoms with E-state index >= 15 is 0 Å². The molecule has 0 fully saturated rings. The number of para-hydroxylation sites is 1. The molecule has 0 aliphatic carbocycles. The smallest absolute Gasteiger partial charge is 0.220 e. The number of thiazole rings is 1. The van der Waals surface area contributed by atoms with E-state index in [2.05, 4.69) is 16.4 Å². The van der Waals surface area contributed by atoms with Crippen LogP contribution >= 0.6 is 11.3 Å². The Kier molecular flexibility index (Phi) is 5.73. The molecule has 1 unspecified atom stereocenters. The van der Waals surface area contributed by atoms with Gasteiger partial charge in [-0.25, -0.2) is 4.98 Å². The SMILES string of the molecule is COc1ccc(C(C)NC(=O)CCc2nc3ccccc3s2)c(OC)c1. The molecule has 1 N–H and O–H groups in total. The first kappa shape index (κ1) is 18.2. The number of ether oxygens (including phenoxy) is 2. The summed E-state index contributed by atoms with van der Waals surface area (Å²) in [5.41, 5.74) is 1.91. The van der Waals surface area contributed by atoms with Crippen LogP contribution in [0.15, 0.2) is 42.5 Å². The van der Waals surface area contributed by atoms with Gasteiger partial charge in [-0.1, -0.05) is 12.1 Å². The van der Waals surface area contributed by atoms with Crippen LogP contribution in [-0.4, -0.2) is 25.1 Å². The molecular weight excluding hydrogens is 348 g/mol. The molecule has 0 radical (unpaired) electrons. The van der Waals surface area contributed by atoms with Gasteiger partial charge in [0.15, 0.2) is 0 Å². The minimum Gasteiger partial charge on any atom is -0.497 e. The maximum Gasteiger partial charge on any atom is 0.220 e. The van der Waals surface area contributed by atoms with Gasteiger partial charge in [0.1, 0.15) is 11.5 Å². The van der Waals surface area contributed by atoms with Crippen molar-refractivity contribution in [3.8, 4) is 11.5 Å². The number of aromatic nitrogens is 1. The highest BCUT2D eigenvalue weighted by atomic mass is 32.1. The van der Waals surface area contributed by atoms with Gasteiger partial charge in [-0.05, 0) is 31.2 Å². The highest BCUT2D eigenvalue weighted by molar-refractivity contribution is 7.18. The van der Waals surface area contributed by atoms with Crippen molar-refractivity contribution in [2.75, 3.05) is 14.2 Å². The van der Waals surface area contributed by atoms with Gasteiger partial charge in [0, 0.05) is 24.5 Å². The molecule has 0 bridgehead atoms. The lowest BCUT2D eigenvalue weighted by molar-refractivity contribution is -0.121. The Balaban J connectivity index is 1.60. The number of nitrogens with one attached hydrogen (secondary N) is 1. The zero-order valence-electron chi connectivity index (χ0n) is 15.1. The van der Waals surface area contributed by atoms with E-state index in [1.165, 1.54) is 0 Å². The monoisotopic (exact) mass is 370 g/mol. The lowest BCUT2D eigenvalue weighted by Crippen LogP contribution is -2.27. The first-order valence-corrected chi connectivity index (χ1v) is 9.28. The second-order valence-electron chi connectivity index (χ2n) is 5.97. The summed E-state index contributed by atoms with van der Waals surface area (Å²) in [7, 11) is 3.22. The van der Waals surface area contributed by atoms with E-state index in [0.717, 1.165) is 26.5 Å². The predicted octanol–water partition coefficient (Wildman–Crippen LogP) is 4.12. The molecule has 3 aromatic rings. The van der Waals surface area contributed by atoms with Crippen LogP contribution < -0.4 is 14.8 Å². The molecule has 0 saturated heterocycles. The minimum atomic E-state index is -0.154. The molecule has 0 saturated carbocycles. The number of methoxy groups -OCH3 is 2. The van der Waals surface area contributed by atoms with Crippen LogP contribution in [0.1, 0.15) is 30.0 Å². The van der Waals surface area contributed by atoms with Crippen molar-refractivity contribution in [3.63, 3.8) is 0 Å². The van der Waals surface area contributed by atoms with Crippen LogP contribution in [0.2, 0.25) is 0 Å². The van der Waals surface area contributed by atoms with Crippen LogP contribution in [0.4, 0.5) is 0 Å². The Morgan fingerprint density at radius 1 is 1.19 bits per heavy atom. The third-order valence-electron chi connectivity index (χ3n) is 4.19. The Hall–Kier alpha value is -2.60. The van der Waals surface area contributed by atoms with Crippen molar-refractivity contribution in [1.29, 1.82) is 0 Å². The summed E-state index contributed by atoms with van der Waals surface area (Å²) >= 11 is 1.64. The molecule has 1 amide bonds. The summed E-state index contributed by atoms with van der Waals surface area (Å²) < 4.78 is 11.8. The fourth-order valence-electron chi connectivity index (χ4n) is 2.81. The number of hydrogen-bond acceptors (Lipinski definition) is 5. The van der Waals surface area contributed by atoms with Crippen LogP contribution in [0.3, 0.4) is 0 Å². The molecular formula is C20H22N2O3S. The van der Waals surface area contributed by atoms with Gasteiger partial charge in [-0.2, -0.15) is 0 Å². The maximum absolute atomic E-state index is 12.3. The van der Waals surface area contributed by atoms with Crippen molar-refractivity contribution >= 4 is 27.5 Å². The zero-order chi connectivity index (χ0) is 18.5. The molecule has 0 aliphatic rings. The fourth-order valence-corrected chi connectivity index (χ4v) is 3.78. The van der Waals surface area contributed by atoms with E-state index in [1.54, 1.807) is 25.6 Å². The van der Waals surface area contributed by atoms with E-state index in [1.807, 2.05) is 43.3 Å². The average Bonchev–Trinajstić information content (AvgIpc) is 3.08. The molecule has 136 valence electrons.